The van der Waals surface area contributed by atoms with Crippen molar-refractivity contribution in [2.75, 3.05) is 0 Å². The lowest BCUT2D eigenvalue weighted by Gasteiger charge is -2.56. The molecule has 5 atom stereocenters. The van der Waals surface area contributed by atoms with Crippen LogP contribution in [0.1, 0.15) is 65.2 Å². The van der Waals surface area contributed by atoms with E-state index in [1.807, 2.05) is 6.08 Å². The lowest BCUT2D eigenvalue weighted by molar-refractivity contribution is -0.132. The van der Waals surface area contributed by atoms with E-state index >= 15 is 0 Å². The summed E-state index contributed by atoms with van der Waals surface area (Å²) in [7, 11) is 0. The SMILES string of the molecule is C[C@]12CC[C@H]3[C@@H](CCC4=CC(=O)CC[C@]43C)[C@@H]1CCC2=O. The summed E-state index contributed by atoms with van der Waals surface area (Å²) >= 11 is 0. The molecule has 3 saturated carbocycles. The van der Waals surface area contributed by atoms with Crippen molar-refractivity contribution in [2.24, 2.45) is 28.6 Å². The number of hydrogen-bond donors (Lipinski definition) is 0. The Morgan fingerprint density at radius 1 is 0.905 bits per heavy atom. The number of carbonyl (C=O) groups is 2. The van der Waals surface area contributed by atoms with Gasteiger partial charge in [0.05, 0.1) is 0 Å². The molecule has 2 heteroatoms. The summed E-state index contributed by atoms with van der Waals surface area (Å²) in [6.07, 6.45) is 10.2. The van der Waals surface area contributed by atoms with Gasteiger partial charge >= 0.3 is 0 Å². The molecule has 2 nitrogen and oxygen atoms in total. The number of fused-ring (bicyclic) bond motifs is 5. The van der Waals surface area contributed by atoms with E-state index in [1.165, 1.54) is 18.4 Å². The third-order valence-corrected chi connectivity index (χ3v) is 7.67. The van der Waals surface area contributed by atoms with Crippen LogP contribution in [0.3, 0.4) is 0 Å². The van der Waals surface area contributed by atoms with Crippen LogP contribution in [0.25, 0.3) is 0 Å². The van der Waals surface area contributed by atoms with Crippen molar-refractivity contribution < 1.29 is 9.59 Å². The summed E-state index contributed by atoms with van der Waals surface area (Å²) < 4.78 is 0. The molecule has 0 spiro atoms. The lowest BCUT2D eigenvalue weighted by Crippen LogP contribution is -2.50. The number of hydrogen-bond acceptors (Lipinski definition) is 2. The van der Waals surface area contributed by atoms with Crippen LogP contribution in [-0.2, 0) is 9.59 Å². The molecule has 0 heterocycles. The van der Waals surface area contributed by atoms with Crippen molar-refractivity contribution >= 4 is 11.6 Å². The Balaban J connectivity index is 1.70. The molecule has 0 radical (unpaired) electrons. The second-order valence-electron chi connectivity index (χ2n) is 8.39. The average Bonchev–Trinajstić information content (AvgIpc) is 2.76. The molecular formula is C19H26O2. The standard InChI is InChI=1S/C19H26O2/c1-18-9-7-13(20)11-12(18)3-4-14-15-5-6-17(21)19(15,2)10-8-16(14)18/h11,14-16H,3-10H2,1-2H3/t14-,15-,16-,18+,19-/m0/s1. The predicted molar refractivity (Wildman–Crippen MR) is 81.7 cm³/mol. The summed E-state index contributed by atoms with van der Waals surface area (Å²) in [5.74, 6) is 2.88. The highest BCUT2D eigenvalue weighted by molar-refractivity contribution is 5.91. The van der Waals surface area contributed by atoms with Gasteiger partial charge in [-0.3, -0.25) is 9.59 Å². The fourth-order valence-electron chi connectivity index (χ4n) is 6.33. The summed E-state index contributed by atoms with van der Waals surface area (Å²) in [4.78, 5) is 24.1. The Kier molecular flexibility index (Phi) is 2.81. The molecule has 0 aromatic heterocycles. The molecule has 21 heavy (non-hydrogen) atoms. The van der Waals surface area contributed by atoms with E-state index in [2.05, 4.69) is 13.8 Å². The van der Waals surface area contributed by atoms with E-state index < -0.39 is 0 Å². The molecule has 114 valence electrons. The highest BCUT2D eigenvalue weighted by atomic mass is 16.1. The Bertz CT molecular complexity index is 546. The maximum atomic E-state index is 12.4. The number of allylic oxidation sites excluding steroid dienone is 1. The highest BCUT2D eigenvalue weighted by Gasteiger charge is 2.58. The minimum absolute atomic E-state index is 0.0246. The van der Waals surface area contributed by atoms with Gasteiger partial charge < -0.3 is 0 Å². The summed E-state index contributed by atoms with van der Waals surface area (Å²) in [6, 6.07) is 0. The Hall–Kier alpha value is -0.920. The topological polar surface area (TPSA) is 34.1 Å². The van der Waals surface area contributed by atoms with Crippen molar-refractivity contribution in [3.8, 4) is 0 Å². The van der Waals surface area contributed by atoms with Gasteiger partial charge in [-0.25, -0.2) is 0 Å². The summed E-state index contributed by atoms with van der Waals surface area (Å²) in [5.41, 5.74) is 1.64. The van der Waals surface area contributed by atoms with Crippen LogP contribution in [0.4, 0.5) is 0 Å². The highest BCUT2D eigenvalue weighted by Crippen LogP contribution is 2.64. The van der Waals surface area contributed by atoms with Gasteiger partial charge in [-0.2, -0.15) is 0 Å². The predicted octanol–water partition coefficient (Wildman–Crippen LogP) is 4.09. The van der Waals surface area contributed by atoms with Crippen molar-refractivity contribution in [3.63, 3.8) is 0 Å². The zero-order valence-corrected chi connectivity index (χ0v) is 13.3. The van der Waals surface area contributed by atoms with Crippen LogP contribution in [0.2, 0.25) is 0 Å². The Labute approximate surface area is 127 Å². The number of Topliss-reactive ketones (excluding diaryl/α,β-unsaturated/α-hetero) is 1. The third kappa shape index (κ3) is 1.71. The number of rotatable bonds is 0. The Morgan fingerprint density at radius 3 is 2.48 bits per heavy atom. The Morgan fingerprint density at radius 2 is 1.67 bits per heavy atom. The van der Waals surface area contributed by atoms with Crippen molar-refractivity contribution in [1.29, 1.82) is 0 Å². The van der Waals surface area contributed by atoms with E-state index in [9.17, 15) is 9.59 Å². The minimum atomic E-state index is -0.0246. The first-order valence-corrected chi connectivity index (χ1v) is 8.72. The molecule has 0 saturated heterocycles. The average molecular weight is 286 g/mol. The first-order valence-electron chi connectivity index (χ1n) is 8.72. The van der Waals surface area contributed by atoms with Gasteiger partial charge in [0, 0.05) is 18.3 Å². The first kappa shape index (κ1) is 13.7. The molecule has 4 aliphatic carbocycles. The maximum absolute atomic E-state index is 12.4. The minimum Gasteiger partial charge on any atom is -0.299 e. The van der Waals surface area contributed by atoms with Crippen LogP contribution >= 0.6 is 0 Å². The molecule has 0 N–H and O–H groups in total. The zero-order valence-electron chi connectivity index (χ0n) is 13.3. The van der Waals surface area contributed by atoms with Gasteiger partial charge in [0.25, 0.3) is 0 Å². The van der Waals surface area contributed by atoms with Crippen LogP contribution in [-0.4, -0.2) is 11.6 Å². The molecule has 0 amide bonds. The molecule has 3 fully saturated rings. The lowest BCUT2D eigenvalue weighted by atomic mass is 9.47. The number of carbonyl (C=O) groups excluding carboxylic acids is 2. The quantitative estimate of drug-likeness (QED) is 0.672. The summed E-state index contributed by atoms with van der Waals surface area (Å²) in [5, 5.41) is 0. The van der Waals surface area contributed by atoms with Crippen LogP contribution in [0.5, 0.6) is 0 Å². The maximum Gasteiger partial charge on any atom is 0.155 e. The van der Waals surface area contributed by atoms with Crippen molar-refractivity contribution in [3.05, 3.63) is 11.6 Å². The zero-order chi connectivity index (χ0) is 14.8. The molecular weight excluding hydrogens is 260 g/mol. The van der Waals surface area contributed by atoms with E-state index in [0.29, 0.717) is 29.3 Å². The monoisotopic (exact) mass is 286 g/mol. The van der Waals surface area contributed by atoms with E-state index in [0.717, 1.165) is 38.5 Å². The second-order valence-corrected chi connectivity index (χ2v) is 8.39. The normalized spacial score (nSPS) is 49.2. The van der Waals surface area contributed by atoms with Crippen LogP contribution in [0.15, 0.2) is 11.6 Å². The van der Waals surface area contributed by atoms with Gasteiger partial charge in [-0.1, -0.05) is 19.4 Å². The molecule has 0 aromatic carbocycles. The molecule has 0 aliphatic heterocycles. The smallest absolute Gasteiger partial charge is 0.155 e. The largest absolute Gasteiger partial charge is 0.299 e. The van der Waals surface area contributed by atoms with Crippen LogP contribution < -0.4 is 0 Å². The first-order chi connectivity index (χ1) is 9.95. The molecule has 0 aromatic rings. The van der Waals surface area contributed by atoms with Gasteiger partial charge in [-0.05, 0) is 67.8 Å². The molecule has 0 unspecified atom stereocenters. The van der Waals surface area contributed by atoms with Gasteiger partial charge in [-0.15, -0.1) is 0 Å². The van der Waals surface area contributed by atoms with Crippen molar-refractivity contribution in [2.45, 2.75) is 65.2 Å². The molecule has 4 aliphatic rings. The number of ketones is 2. The van der Waals surface area contributed by atoms with Crippen molar-refractivity contribution in [1.82, 2.24) is 0 Å². The van der Waals surface area contributed by atoms with E-state index in [-0.39, 0.29) is 10.8 Å². The fraction of sp³-hybridized carbons (Fsp3) is 0.789. The van der Waals surface area contributed by atoms with Crippen LogP contribution in [0, 0.1) is 28.6 Å². The second kappa shape index (κ2) is 4.30. The summed E-state index contributed by atoms with van der Waals surface area (Å²) in [6.45, 7) is 4.64. The molecule has 0 bridgehead atoms. The van der Waals surface area contributed by atoms with E-state index in [1.54, 1.807) is 0 Å². The third-order valence-electron chi connectivity index (χ3n) is 7.67. The van der Waals surface area contributed by atoms with Gasteiger partial charge in [0.15, 0.2) is 5.78 Å². The van der Waals surface area contributed by atoms with Gasteiger partial charge in [0.2, 0.25) is 0 Å². The fourth-order valence-corrected chi connectivity index (χ4v) is 6.33. The van der Waals surface area contributed by atoms with Gasteiger partial charge in [0.1, 0.15) is 5.78 Å². The molecule has 4 rings (SSSR count). The van der Waals surface area contributed by atoms with E-state index in [4.69, 9.17) is 0 Å².